The molecule has 0 saturated carbocycles. The standard InChI is InChI=1S/C18H29N5O2/c24-17(16-14-12-19-7-4-15(14)21-22-16)20-13-18(5-10-25-11-6-18)23-8-2-1-3-9-23/h19H,1-13H2,(H,20,24)(H,21,22). The highest BCUT2D eigenvalue weighted by atomic mass is 16.5. The maximum absolute atomic E-state index is 12.8. The molecule has 2 saturated heterocycles. The van der Waals surface area contributed by atoms with Crippen LogP contribution in [0.25, 0.3) is 0 Å². The average Bonchev–Trinajstić information content (AvgIpc) is 3.12. The minimum absolute atomic E-state index is 0.0446. The van der Waals surface area contributed by atoms with Crippen LogP contribution in [0.15, 0.2) is 0 Å². The van der Waals surface area contributed by atoms with E-state index in [0.717, 1.165) is 69.9 Å². The summed E-state index contributed by atoms with van der Waals surface area (Å²) in [6.45, 7) is 6.19. The molecule has 0 spiro atoms. The lowest BCUT2D eigenvalue weighted by atomic mass is 9.86. The molecule has 0 unspecified atom stereocenters. The van der Waals surface area contributed by atoms with Gasteiger partial charge in [-0.3, -0.25) is 14.8 Å². The smallest absolute Gasteiger partial charge is 0.272 e. The Balaban J connectivity index is 1.45. The Bertz CT molecular complexity index is 603. The van der Waals surface area contributed by atoms with Crippen molar-refractivity contribution in [3.8, 4) is 0 Å². The molecule has 2 fully saturated rings. The summed E-state index contributed by atoms with van der Waals surface area (Å²) in [4.78, 5) is 15.4. The fourth-order valence-corrected chi connectivity index (χ4v) is 4.47. The van der Waals surface area contributed by atoms with Gasteiger partial charge >= 0.3 is 0 Å². The van der Waals surface area contributed by atoms with E-state index in [1.165, 1.54) is 19.3 Å². The summed E-state index contributed by atoms with van der Waals surface area (Å²) in [6.07, 6.45) is 6.73. The molecule has 0 aromatic carbocycles. The zero-order chi connectivity index (χ0) is 17.1. The number of fused-ring (bicyclic) bond motifs is 1. The molecule has 4 rings (SSSR count). The number of hydrogen-bond donors (Lipinski definition) is 3. The van der Waals surface area contributed by atoms with Crippen molar-refractivity contribution in [2.75, 3.05) is 39.4 Å². The molecule has 3 N–H and O–H groups in total. The number of hydrogen-bond acceptors (Lipinski definition) is 5. The van der Waals surface area contributed by atoms with Gasteiger partial charge in [0.25, 0.3) is 5.91 Å². The largest absolute Gasteiger partial charge is 0.381 e. The van der Waals surface area contributed by atoms with Gasteiger partial charge in [0.05, 0.1) is 0 Å². The number of ether oxygens (including phenoxy) is 1. The van der Waals surface area contributed by atoms with E-state index in [4.69, 9.17) is 4.74 Å². The van der Waals surface area contributed by atoms with Gasteiger partial charge in [-0.1, -0.05) is 6.42 Å². The van der Waals surface area contributed by atoms with Crippen molar-refractivity contribution in [2.24, 2.45) is 0 Å². The van der Waals surface area contributed by atoms with E-state index in [-0.39, 0.29) is 11.4 Å². The Morgan fingerprint density at radius 3 is 2.84 bits per heavy atom. The minimum atomic E-state index is -0.0518. The molecule has 3 aliphatic heterocycles. The quantitative estimate of drug-likeness (QED) is 0.751. The fraction of sp³-hybridized carbons (Fsp3) is 0.778. The van der Waals surface area contributed by atoms with E-state index < -0.39 is 0 Å². The van der Waals surface area contributed by atoms with Crippen molar-refractivity contribution in [1.82, 2.24) is 25.7 Å². The number of aromatic nitrogens is 2. The van der Waals surface area contributed by atoms with Crippen LogP contribution in [0, 0.1) is 0 Å². The van der Waals surface area contributed by atoms with Crippen LogP contribution in [0.1, 0.15) is 53.8 Å². The summed E-state index contributed by atoms with van der Waals surface area (Å²) in [5.74, 6) is -0.0518. The number of likely N-dealkylation sites (tertiary alicyclic amines) is 1. The number of piperidine rings is 1. The maximum Gasteiger partial charge on any atom is 0.272 e. The zero-order valence-electron chi connectivity index (χ0n) is 14.9. The summed E-state index contributed by atoms with van der Waals surface area (Å²) in [6, 6.07) is 0. The number of rotatable bonds is 4. The molecule has 1 amide bonds. The van der Waals surface area contributed by atoms with Gasteiger partial charge in [-0.15, -0.1) is 0 Å². The summed E-state index contributed by atoms with van der Waals surface area (Å²) < 4.78 is 5.60. The zero-order valence-corrected chi connectivity index (χ0v) is 14.9. The maximum atomic E-state index is 12.8. The molecule has 1 aromatic rings. The van der Waals surface area contributed by atoms with E-state index in [0.29, 0.717) is 12.2 Å². The van der Waals surface area contributed by atoms with Crippen LogP contribution in [0.3, 0.4) is 0 Å². The lowest BCUT2D eigenvalue weighted by Gasteiger charge is -2.48. The van der Waals surface area contributed by atoms with E-state index in [1.807, 2.05) is 0 Å². The van der Waals surface area contributed by atoms with Gasteiger partial charge in [0.2, 0.25) is 0 Å². The van der Waals surface area contributed by atoms with Crippen LogP contribution in [0.4, 0.5) is 0 Å². The first-order valence-corrected chi connectivity index (χ1v) is 9.66. The highest BCUT2D eigenvalue weighted by Gasteiger charge is 2.39. The molecular weight excluding hydrogens is 318 g/mol. The molecule has 1 aromatic heterocycles. The Kier molecular flexibility index (Phi) is 5.05. The topological polar surface area (TPSA) is 82.3 Å². The van der Waals surface area contributed by atoms with Crippen LogP contribution in [-0.2, 0) is 17.7 Å². The lowest BCUT2D eigenvalue weighted by Crippen LogP contribution is -2.59. The first kappa shape index (κ1) is 17.0. The number of carbonyl (C=O) groups excluding carboxylic acids is 1. The van der Waals surface area contributed by atoms with Gasteiger partial charge < -0.3 is 15.4 Å². The third-order valence-electron chi connectivity index (χ3n) is 6.05. The molecule has 25 heavy (non-hydrogen) atoms. The summed E-state index contributed by atoms with van der Waals surface area (Å²) in [5.41, 5.74) is 2.73. The van der Waals surface area contributed by atoms with E-state index in [9.17, 15) is 4.79 Å². The van der Waals surface area contributed by atoms with Crippen LogP contribution in [-0.4, -0.2) is 65.9 Å². The Labute approximate surface area is 148 Å². The molecule has 7 heteroatoms. The van der Waals surface area contributed by atoms with Crippen molar-refractivity contribution in [3.63, 3.8) is 0 Å². The molecule has 0 atom stereocenters. The number of nitrogens with zero attached hydrogens (tertiary/aromatic N) is 2. The molecule has 0 radical (unpaired) electrons. The normalized spacial score (nSPS) is 23.8. The number of H-pyrrole nitrogens is 1. The van der Waals surface area contributed by atoms with Gasteiger partial charge in [-0.05, 0) is 38.8 Å². The van der Waals surface area contributed by atoms with Crippen LogP contribution in [0.5, 0.6) is 0 Å². The average molecular weight is 347 g/mol. The molecule has 0 aliphatic carbocycles. The third-order valence-corrected chi connectivity index (χ3v) is 6.05. The lowest BCUT2D eigenvalue weighted by molar-refractivity contribution is -0.0349. The SMILES string of the molecule is O=C(NCC1(N2CCCCC2)CCOCC1)c1n[nH]c2c1CNCC2. The molecular formula is C18H29N5O2. The van der Waals surface area contributed by atoms with Crippen molar-refractivity contribution >= 4 is 5.91 Å². The molecule has 4 heterocycles. The Morgan fingerprint density at radius 1 is 1.24 bits per heavy atom. The second kappa shape index (κ2) is 7.43. The fourth-order valence-electron chi connectivity index (χ4n) is 4.47. The van der Waals surface area contributed by atoms with Crippen LogP contribution in [0.2, 0.25) is 0 Å². The predicted octanol–water partition coefficient (Wildman–Crippen LogP) is 0.820. The van der Waals surface area contributed by atoms with Gasteiger partial charge in [0, 0.05) is 56.1 Å². The summed E-state index contributed by atoms with van der Waals surface area (Å²) >= 11 is 0. The summed E-state index contributed by atoms with van der Waals surface area (Å²) in [5, 5.41) is 13.8. The number of carbonyl (C=O) groups is 1. The van der Waals surface area contributed by atoms with E-state index in [2.05, 4.69) is 25.7 Å². The second-order valence-electron chi connectivity index (χ2n) is 7.52. The highest BCUT2D eigenvalue weighted by molar-refractivity contribution is 5.94. The van der Waals surface area contributed by atoms with Gasteiger partial charge in [-0.2, -0.15) is 5.10 Å². The van der Waals surface area contributed by atoms with Crippen LogP contribution >= 0.6 is 0 Å². The van der Waals surface area contributed by atoms with Gasteiger partial charge in [0.15, 0.2) is 5.69 Å². The first-order chi connectivity index (χ1) is 12.3. The van der Waals surface area contributed by atoms with Crippen molar-refractivity contribution < 1.29 is 9.53 Å². The van der Waals surface area contributed by atoms with Gasteiger partial charge in [0.1, 0.15) is 0 Å². The number of nitrogens with one attached hydrogen (secondary N) is 3. The molecule has 138 valence electrons. The highest BCUT2D eigenvalue weighted by Crippen LogP contribution is 2.30. The summed E-state index contributed by atoms with van der Waals surface area (Å²) in [7, 11) is 0. The predicted molar refractivity (Wildman–Crippen MR) is 94.5 cm³/mol. The van der Waals surface area contributed by atoms with E-state index >= 15 is 0 Å². The van der Waals surface area contributed by atoms with Gasteiger partial charge in [-0.25, -0.2) is 0 Å². The first-order valence-electron chi connectivity index (χ1n) is 9.66. The van der Waals surface area contributed by atoms with Crippen molar-refractivity contribution in [1.29, 1.82) is 0 Å². The Morgan fingerprint density at radius 2 is 2.04 bits per heavy atom. The Hall–Kier alpha value is -1.44. The minimum Gasteiger partial charge on any atom is -0.381 e. The van der Waals surface area contributed by atoms with Crippen molar-refractivity contribution in [3.05, 3.63) is 17.0 Å². The third kappa shape index (κ3) is 3.45. The number of aromatic amines is 1. The molecule has 7 nitrogen and oxygen atoms in total. The monoisotopic (exact) mass is 347 g/mol. The second-order valence-corrected chi connectivity index (χ2v) is 7.52. The molecule has 3 aliphatic rings. The van der Waals surface area contributed by atoms with Crippen LogP contribution < -0.4 is 10.6 Å². The number of amides is 1. The van der Waals surface area contributed by atoms with Crippen molar-refractivity contribution in [2.45, 2.75) is 50.6 Å². The molecule has 0 bridgehead atoms. The van der Waals surface area contributed by atoms with E-state index in [1.54, 1.807) is 0 Å².